The van der Waals surface area contributed by atoms with E-state index in [-0.39, 0.29) is 18.0 Å². The molecule has 1 heterocycles. The molecule has 2 aromatic rings. The number of carbonyl (C=O) groups excluding carboxylic acids is 2. The van der Waals surface area contributed by atoms with Crippen LogP contribution in [0.25, 0.3) is 0 Å². The molecule has 1 aromatic heterocycles. The highest BCUT2D eigenvalue weighted by Gasteiger charge is 2.25. The summed E-state index contributed by atoms with van der Waals surface area (Å²) in [6, 6.07) is 6.40. The van der Waals surface area contributed by atoms with Crippen LogP contribution in [-0.4, -0.2) is 44.8 Å². The Hall–Kier alpha value is -2.23. The molecule has 0 fully saturated rings. The van der Waals surface area contributed by atoms with Gasteiger partial charge in [0.1, 0.15) is 5.00 Å². The highest BCUT2D eigenvalue weighted by Crippen LogP contribution is 2.33. The first-order valence-electron chi connectivity index (χ1n) is 8.67. The summed E-state index contributed by atoms with van der Waals surface area (Å²) in [4.78, 5) is 25.6. The summed E-state index contributed by atoms with van der Waals surface area (Å²) < 4.78 is 31.3. The number of carbonyl (C=O) groups is 2. The number of sulfonamides is 1. The van der Waals surface area contributed by atoms with Gasteiger partial charge in [-0.05, 0) is 45.4 Å². The average molecular weight is 425 g/mol. The number of nitrogens with one attached hydrogen (secondary N) is 1. The number of esters is 1. The number of ether oxygens (including phenoxy) is 1. The van der Waals surface area contributed by atoms with Gasteiger partial charge in [-0.1, -0.05) is 17.7 Å². The Balaban J connectivity index is 2.17. The molecular weight excluding hydrogens is 400 g/mol. The van der Waals surface area contributed by atoms with E-state index < -0.39 is 21.9 Å². The predicted octanol–water partition coefficient (Wildman–Crippen LogP) is 3.11. The first-order chi connectivity index (χ1) is 13.1. The fourth-order valence-electron chi connectivity index (χ4n) is 2.51. The van der Waals surface area contributed by atoms with Crippen LogP contribution < -0.4 is 5.32 Å². The minimum absolute atomic E-state index is 0.114. The van der Waals surface area contributed by atoms with Gasteiger partial charge in [0.2, 0.25) is 15.9 Å². The Morgan fingerprint density at radius 3 is 2.32 bits per heavy atom. The van der Waals surface area contributed by atoms with Crippen molar-refractivity contribution < 1.29 is 22.7 Å². The number of benzene rings is 1. The predicted molar refractivity (Wildman–Crippen MR) is 109 cm³/mol. The van der Waals surface area contributed by atoms with Gasteiger partial charge >= 0.3 is 5.97 Å². The van der Waals surface area contributed by atoms with Crippen molar-refractivity contribution in [2.24, 2.45) is 0 Å². The molecule has 9 heteroatoms. The topological polar surface area (TPSA) is 92.8 Å². The van der Waals surface area contributed by atoms with Crippen molar-refractivity contribution in [2.75, 3.05) is 25.5 Å². The second-order valence-electron chi connectivity index (χ2n) is 6.33. The molecule has 0 aliphatic carbocycles. The third kappa shape index (κ3) is 4.78. The van der Waals surface area contributed by atoms with Gasteiger partial charge in [0.05, 0.1) is 23.6 Å². The van der Waals surface area contributed by atoms with Gasteiger partial charge in [-0.2, -0.15) is 4.31 Å². The molecule has 0 radical (unpaired) electrons. The minimum atomic E-state index is -3.80. The summed E-state index contributed by atoms with van der Waals surface area (Å²) in [6.07, 6.45) is 0. The maximum absolute atomic E-state index is 12.6. The minimum Gasteiger partial charge on any atom is -0.462 e. The molecule has 0 bridgehead atoms. The van der Waals surface area contributed by atoms with Crippen LogP contribution in [0.2, 0.25) is 0 Å². The maximum Gasteiger partial charge on any atom is 0.341 e. The zero-order valence-electron chi connectivity index (χ0n) is 16.5. The summed E-state index contributed by atoms with van der Waals surface area (Å²) in [5.74, 6) is -1.05. The second-order valence-corrected chi connectivity index (χ2v) is 9.60. The van der Waals surface area contributed by atoms with E-state index in [1.807, 2.05) is 13.8 Å². The molecule has 0 atom stereocenters. The summed E-state index contributed by atoms with van der Waals surface area (Å²) in [7, 11) is -2.46. The number of likely N-dealkylation sites (N-methyl/N-ethyl adjacent to an activating group) is 1. The fourth-order valence-corrected chi connectivity index (χ4v) is 4.70. The van der Waals surface area contributed by atoms with Crippen molar-refractivity contribution in [2.45, 2.75) is 32.6 Å². The van der Waals surface area contributed by atoms with Crippen molar-refractivity contribution in [1.82, 2.24) is 4.31 Å². The summed E-state index contributed by atoms with van der Waals surface area (Å²) in [5.41, 5.74) is 1.98. The lowest BCUT2D eigenvalue weighted by Crippen LogP contribution is -2.35. The van der Waals surface area contributed by atoms with Crippen LogP contribution in [0.3, 0.4) is 0 Å². The normalized spacial score (nSPS) is 11.5. The lowest BCUT2D eigenvalue weighted by molar-refractivity contribution is -0.116. The molecule has 0 aliphatic heterocycles. The molecule has 2 rings (SSSR count). The maximum atomic E-state index is 12.6. The molecule has 0 saturated carbocycles. The van der Waals surface area contributed by atoms with Crippen molar-refractivity contribution in [1.29, 1.82) is 0 Å². The van der Waals surface area contributed by atoms with Crippen LogP contribution in [0.1, 0.15) is 33.3 Å². The number of aryl methyl sites for hydroxylation is 2. The van der Waals surface area contributed by atoms with Crippen LogP contribution >= 0.6 is 11.3 Å². The molecule has 0 unspecified atom stereocenters. The van der Waals surface area contributed by atoms with E-state index in [4.69, 9.17) is 4.74 Å². The zero-order valence-corrected chi connectivity index (χ0v) is 18.2. The molecule has 0 saturated heterocycles. The van der Waals surface area contributed by atoms with Gasteiger partial charge in [0.25, 0.3) is 0 Å². The largest absolute Gasteiger partial charge is 0.462 e. The first kappa shape index (κ1) is 22.1. The summed E-state index contributed by atoms with van der Waals surface area (Å²) in [5, 5.41) is 3.01. The molecule has 0 aliphatic rings. The number of hydrogen-bond donors (Lipinski definition) is 1. The van der Waals surface area contributed by atoms with Crippen molar-refractivity contribution in [3.63, 3.8) is 0 Å². The van der Waals surface area contributed by atoms with E-state index in [1.54, 1.807) is 26.0 Å². The molecular formula is C19H24N2O5S2. The number of thiophene rings is 1. The van der Waals surface area contributed by atoms with Crippen LogP contribution in [-0.2, 0) is 19.6 Å². The lowest BCUT2D eigenvalue weighted by atomic mass is 10.1. The summed E-state index contributed by atoms with van der Waals surface area (Å²) in [6.45, 7) is 7.02. The van der Waals surface area contributed by atoms with Gasteiger partial charge < -0.3 is 10.1 Å². The first-order valence-corrected chi connectivity index (χ1v) is 10.9. The third-order valence-corrected chi connectivity index (χ3v) is 7.15. The number of nitrogens with zero attached hydrogens (tertiary/aromatic N) is 1. The third-order valence-electron chi connectivity index (χ3n) is 4.21. The Bertz CT molecular complexity index is 978. The van der Waals surface area contributed by atoms with Crippen LogP contribution in [0, 0.1) is 20.8 Å². The van der Waals surface area contributed by atoms with Crippen LogP contribution in [0.15, 0.2) is 29.2 Å². The van der Waals surface area contributed by atoms with Crippen molar-refractivity contribution >= 4 is 38.2 Å². The molecule has 152 valence electrons. The zero-order chi connectivity index (χ0) is 21.1. The van der Waals surface area contributed by atoms with Crippen molar-refractivity contribution in [3.8, 4) is 0 Å². The fraction of sp³-hybridized carbons (Fsp3) is 0.368. The van der Waals surface area contributed by atoms with E-state index in [2.05, 4.69) is 5.32 Å². The molecule has 1 aromatic carbocycles. The standard InChI is InChI=1S/C19H24N2O5S2/c1-6-26-19(23)17-13(3)14(4)27-18(17)20-16(22)11-21(5)28(24,25)15-9-7-12(2)8-10-15/h7-10H,6,11H2,1-5H3,(H,20,22). The number of anilines is 1. The number of rotatable bonds is 7. The van der Waals surface area contributed by atoms with E-state index in [0.717, 1.165) is 20.3 Å². The monoisotopic (exact) mass is 424 g/mol. The van der Waals surface area contributed by atoms with E-state index in [1.165, 1.54) is 30.5 Å². The highest BCUT2D eigenvalue weighted by molar-refractivity contribution is 7.89. The quantitative estimate of drug-likeness (QED) is 0.690. The molecule has 1 N–H and O–H groups in total. The van der Waals surface area contributed by atoms with Gasteiger partial charge in [0, 0.05) is 11.9 Å². The van der Waals surface area contributed by atoms with Crippen LogP contribution in [0.5, 0.6) is 0 Å². The SMILES string of the molecule is CCOC(=O)c1c(NC(=O)CN(C)S(=O)(=O)c2ccc(C)cc2)sc(C)c1C. The Kier molecular flexibility index (Phi) is 6.97. The van der Waals surface area contributed by atoms with E-state index in [9.17, 15) is 18.0 Å². The van der Waals surface area contributed by atoms with E-state index >= 15 is 0 Å². The lowest BCUT2D eigenvalue weighted by Gasteiger charge is -2.17. The van der Waals surface area contributed by atoms with Crippen molar-refractivity contribution in [3.05, 3.63) is 45.8 Å². The number of amides is 1. The Labute approximate surface area is 169 Å². The highest BCUT2D eigenvalue weighted by atomic mass is 32.2. The van der Waals surface area contributed by atoms with E-state index in [0.29, 0.717) is 10.6 Å². The van der Waals surface area contributed by atoms with Gasteiger partial charge in [-0.25, -0.2) is 13.2 Å². The Morgan fingerprint density at radius 1 is 1.14 bits per heavy atom. The second kappa shape index (κ2) is 8.85. The smallest absolute Gasteiger partial charge is 0.341 e. The van der Waals surface area contributed by atoms with Gasteiger partial charge in [-0.15, -0.1) is 11.3 Å². The van der Waals surface area contributed by atoms with Crippen LogP contribution in [0.4, 0.5) is 5.00 Å². The Morgan fingerprint density at radius 2 is 1.75 bits per heavy atom. The van der Waals surface area contributed by atoms with Gasteiger partial charge in [-0.3, -0.25) is 4.79 Å². The summed E-state index contributed by atoms with van der Waals surface area (Å²) >= 11 is 1.26. The molecule has 28 heavy (non-hydrogen) atoms. The number of hydrogen-bond acceptors (Lipinski definition) is 6. The molecule has 0 spiro atoms. The average Bonchev–Trinajstić information content (AvgIpc) is 2.89. The molecule has 7 nitrogen and oxygen atoms in total. The molecule has 1 amide bonds. The van der Waals surface area contributed by atoms with Gasteiger partial charge in [0.15, 0.2) is 0 Å².